The summed E-state index contributed by atoms with van der Waals surface area (Å²) in [4.78, 5) is 7.27. The Morgan fingerprint density at radius 1 is 1.26 bits per heavy atom. The Morgan fingerprint density at radius 2 is 2.00 bits per heavy atom. The molecule has 0 bridgehead atoms. The van der Waals surface area contributed by atoms with Crippen LogP contribution in [0.3, 0.4) is 0 Å². The molecule has 0 fully saturated rings. The highest BCUT2D eigenvalue weighted by Crippen LogP contribution is 2.27. The van der Waals surface area contributed by atoms with Crippen LogP contribution in [-0.2, 0) is 18.7 Å². The van der Waals surface area contributed by atoms with Gasteiger partial charge < -0.3 is 5.73 Å². The summed E-state index contributed by atoms with van der Waals surface area (Å²) >= 11 is 3.60. The van der Waals surface area contributed by atoms with Crippen LogP contribution in [0.5, 0.6) is 0 Å². The molecular formula is C15H20N2S2. The van der Waals surface area contributed by atoms with Crippen LogP contribution in [-0.4, -0.2) is 4.98 Å². The maximum Gasteiger partial charge on any atom is 0.103 e. The van der Waals surface area contributed by atoms with Crippen LogP contribution in [0.15, 0.2) is 29.2 Å². The molecule has 0 amide bonds. The van der Waals surface area contributed by atoms with Crippen LogP contribution in [0.2, 0.25) is 0 Å². The summed E-state index contributed by atoms with van der Waals surface area (Å²) in [6, 6.07) is 8.64. The fraction of sp³-hybridized carbons (Fsp3) is 0.400. The number of benzene rings is 1. The van der Waals surface area contributed by atoms with E-state index in [1.54, 1.807) is 11.3 Å². The summed E-state index contributed by atoms with van der Waals surface area (Å²) < 4.78 is 0. The first-order valence-electron chi connectivity index (χ1n) is 6.60. The molecule has 0 spiro atoms. The molecule has 0 aliphatic rings. The first-order valence-corrected chi connectivity index (χ1v) is 8.40. The van der Waals surface area contributed by atoms with Crippen LogP contribution in [0, 0.1) is 6.92 Å². The summed E-state index contributed by atoms with van der Waals surface area (Å²) in [5.41, 5.74) is 8.29. The second-order valence-electron chi connectivity index (χ2n) is 4.53. The van der Waals surface area contributed by atoms with E-state index >= 15 is 0 Å². The topological polar surface area (TPSA) is 38.9 Å². The van der Waals surface area contributed by atoms with E-state index in [2.05, 4.69) is 38.1 Å². The molecule has 0 atom stereocenters. The van der Waals surface area contributed by atoms with Crippen molar-refractivity contribution in [3.05, 3.63) is 45.4 Å². The monoisotopic (exact) mass is 292 g/mol. The molecule has 19 heavy (non-hydrogen) atoms. The smallest absolute Gasteiger partial charge is 0.103 e. The van der Waals surface area contributed by atoms with Crippen molar-refractivity contribution < 1.29 is 0 Å². The Balaban J connectivity index is 2.01. The molecule has 102 valence electrons. The molecule has 0 unspecified atom stereocenters. The Bertz CT molecular complexity index is 517. The third kappa shape index (κ3) is 4.06. The fourth-order valence-corrected chi connectivity index (χ4v) is 3.75. The van der Waals surface area contributed by atoms with Crippen LogP contribution < -0.4 is 5.73 Å². The van der Waals surface area contributed by atoms with E-state index in [0.717, 1.165) is 18.6 Å². The molecule has 1 heterocycles. The van der Waals surface area contributed by atoms with E-state index in [0.29, 0.717) is 6.54 Å². The van der Waals surface area contributed by atoms with Crippen LogP contribution in [0.1, 0.15) is 34.5 Å². The summed E-state index contributed by atoms with van der Waals surface area (Å²) in [7, 11) is 0. The molecule has 1 aromatic carbocycles. The Kier molecular flexibility index (Phi) is 5.43. The summed E-state index contributed by atoms with van der Waals surface area (Å²) in [5, 5.41) is 1.19. The minimum atomic E-state index is 0.613. The molecule has 2 rings (SSSR count). The first kappa shape index (κ1) is 14.6. The van der Waals surface area contributed by atoms with Crippen molar-refractivity contribution in [2.24, 2.45) is 5.73 Å². The SMILES string of the molecule is CCCc1nc(CSc2ccc(C)cc2)sc1CN. The molecule has 2 nitrogen and oxygen atoms in total. The van der Waals surface area contributed by atoms with E-state index in [9.17, 15) is 0 Å². The Labute approximate surface area is 123 Å². The highest BCUT2D eigenvalue weighted by molar-refractivity contribution is 7.98. The average molecular weight is 292 g/mol. The van der Waals surface area contributed by atoms with Crippen molar-refractivity contribution in [3.63, 3.8) is 0 Å². The minimum Gasteiger partial charge on any atom is -0.326 e. The van der Waals surface area contributed by atoms with E-state index in [-0.39, 0.29) is 0 Å². The lowest BCUT2D eigenvalue weighted by atomic mass is 10.2. The van der Waals surface area contributed by atoms with Gasteiger partial charge in [-0.15, -0.1) is 23.1 Å². The van der Waals surface area contributed by atoms with Gasteiger partial charge in [0.2, 0.25) is 0 Å². The van der Waals surface area contributed by atoms with Gasteiger partial charge in [-0.1, -0.05) is 31.0 Å². The van der Waals surface area contributed by atoms with Gasteiger partial charge in [-0.05, 0) is 25.5 Å². The number of nitrogens with zero attached hydrogens (tertiary/aromatic N) is 1. The van der Waals surface area contributed by atoms with Crippen molar-refractivity contribution in [2.75, 3.05) is 0 Å². The van der Waals surface area contributed by atoms with Gasteiger partial charge in [0.05, 0.1) is 11.4 Å². The zero-order valence-electron chi connectivity index (χ0n) is 11.5. The molecular weight excluding hydrogens is 272 g/mol. The zero-order valence-corrected chi connectivity index (χ0v) is 13.1. The van der Waals surface area contributed by atoms with Gasteiger partial charge in [0.25, 0.3) is 0 Å². The standard InChI is InChI=1S/C15H20N2S2/c1-3-4-13-14(9-16)19-15(17-13)10-18-12-7-5-11(2)6-8-12/h5-8H,3-4,9-10,16H2,1-2H3. The molecule has 4 heteroatoms. The number of hydrogen-bond acceptors (Lipinski definition) is 4. The van der Waals surface area contributed by atoms with E-state index in [1.165, 1.54) is 26.0 Å². The van der Waals surface area contributed by atoms with Crippen molar-refractivity contribution in [3.8, 4) is 0 Å². The van der Waals surface area contributed by atoms with Gasteiger partial charge in [0.1, 0.15) is 5.01 Å². The molecule has 2 N–H and O–H groups in total. The minimum absolute atomic E-state index is 0.613. The lowest BCUT2D eigenvalue weighted by Crippen LogP contribution is -1.97. The second-order valence-corrected chi connectivity index (χ2v) is 6.75. The number of nitrogens with two attached hydrogens (primary N) is 1. The number of rotatable bonds is 6. The van der Waals surface area contributed by atoms with Crippen molar-refractivity contribution in [1.82, 2.24) is 4.98 Å². The maximum absolute atomic E-state index is 5.78. The van der Waals surface area contributed by atoms with E-state index in [4.69, 9.17) is 10.7 Å². The summed E-state index contributed by atoms with van der Waals surface area (Å²) in [6.45, 7) is 4.91. The molecule has 0 aliphatic carbocycles. The molecule has 2 aromatic rings. The van der Waals surface area contributed by atoms with E-state index in [1.807, 2.05) is 11.8 Å². The third-order valence-electron chi connectivity index (χ3n) is 2.88. The second kappa shape index (κ2) is 7.08. The highest BCUT2D eigenvalue weighted by Gasteiger charge is 2.09. The predicted octanol–water partition coefficient (Wildman–Crippen LogP) is 4.16. The number of thiazole rings is 1. The lowest BCUT2D eigenvalue weighted by Gasteiger charge is -1.99. The fourth-order valence-electron chi connectivity index (χ4n) is 1.87. The maximum atomic E-state index is 5.78. The van der Waals surface area contributed by atoms with Crippen molar-refractivity contribution >= 4 is 23.1 Å². The number of aromatic nitrogens is 1. The Hall–Kier alpha value is -0.840. The molecule has 0 radical (unpaired) electrons. The molecule has 0 saturated heterocycles. The van der Waals surface area contributed by atoms with Gasteiger partial charge in [0.15, 0.2) is 0 Å². The molecule has 1 aromatic heterocycles. The highest BCUT2D eigenvalue weighted by atomic mass is 32.2. The van der Waals surface area contributed by atoms with Crippen molar-refractivity contribution in [2.45, 2.75) is 43.9 Å². The van der Waals surface area contributed by atoms with Crippen LogP contribution in [0.25, 0.3) is 0 Å². The third-order valence-corrected chi connectivity index (χ3v) is 5.20. The predicted molar refractivity (Wildman–Crippen MR) is 84.7 cm³/mol. The first-order chi connectivity index (χ1) is 9.22. The van der Waals surface area contributed by atoms with Gasteiger partial charge in [-0.25, -0.2) is 4.98 Å². The van der Waals surface area contributed by atoms with Crippen molar-refractivity contribution in [1.29, 1.82) is 0 Å². The largest absolute Gasteiger partial charge is 0.326 e. The van der Waals surface area contributed by atoms with Crippen LogP contribution in [0.4, 0.5) is 0 Å². The lowest BCUT2D eigenvalue weighted by molar-refractivity contribution is 0.866. The zero-order chi connectivity index (χ0) is 13.7. The van der Waals surface area contributed by atoms with E-state index < -0.39 is 0 Å². The van der Waals surface area contributed by atoms with Gasteiger partial charge in [-0.3, -0.25) is 0 Å². The molecule has 0 saturated carbocycles. The quantitative estimate of drug-likeness (QED) is 0.813. The summed E-state index contributed by atoms with van der Waals surface area (Å²) in [6.07, 6.45) is 2.17. The van der Waals surface area contributed by atoms with Gasteiger partial charge >= 0.3 is 0 Å². The number of hydrogen-bond donors (Lipinski definition) is 1. The normalized spacial score (nSPS) is 10.9. The van der Waals surface area contributed by atoms with Gasteiger partial charge in [0, 0.05) is 16.3 Å². The number of aryl methyl sites for hydroxylation is 2. The van der Waals surface area contributed by atoms with Gasteiger partial charge in [-0.2, -0.15) is 0 Å². The number of thioether (sulfide) groups is 1. The summed E-state index contributed by atoms with van der Waals surface area (Å²) in [5.74, 6) is 0.935. The Morgan fingerprint density at radius 3 is 2.63 bits per heavy atom. The molecule has 0 aliphatic heterocycles. The average Bonchev–Trinajstić information content (AvgIpc) is 2.81. The van der Waals surface area contributed by atoms with Crippen LogP contribution >= 0.6 is 23.1 Å².